The first-order valence-electron chi connectivity index (χ1n) is 9.27. The van der Waals surface area contributed by atoms with Gasteiger partial charge in [-0.3, -0.25) is 0 Å². The van der Waals surface area contributed by atoms with Gasteiger partial charge in [-0.05, 0) is 20.3 Å². The molecule has 1 amide bonds. The molecular formula is C16H26N6O4S. The van der Waals surface area contributed by atoms with E-state index in [1.54, 1.807) is 18.0 Å². The van der Waals surface area contributed by atoms with Crippen molar-refractivity contribution < 1.29 is 17.9 Å². The van der Waals surface area contributed by atoms with Crippen molar-refractivity contribution in [1.29, 1.82) is 0 Å². The molecule has 0 aliphatic carbocycles. The maximum atomic E-state index is 11.8. The molecule has 2 aliphatic heterocycles. The van der Waals surface area contributed by atoms with Crippen LogP contribution in [0.5, 0.6) is 0 Å². The topological polar surface area (TPSA) is 109 Å². The lowest BCUT2D eigenvalue weighted by Crippen LogP contribution is -2.49. The van der Waals surface area contributed by atoms with Crippen LogP contribution in [0.1, 0.15) is 20.3 Å². The molecule has 0 radical (unpaired) electrons. The van der Waals surface area contributed by atoms with E-state index in [0.29, 0.717) is 57.5 Å². The van der Waals surface area contributed by atoms with Gasteiger partial charge in [0.2, 0.25) is 5.95 Å². The Morgan fingerprint density at radius 1 is 1.30 bits per heavy atom. The molecule has 0 spiro atoms. The number of hydrogen-bond acceptors (Lipinski definition) is 9. The number of nitrogens with zero attached hydrogens (tertiary/aromatic N) is 6. The van der Waals surface area contributed by atoms with E-state index in [2.05, 4.69) is 15.2 Å². The van der Waals surface area contributed by atoms with Gasteiger partial charge in [0.25, 0.3) is 0 Å². The van der Waals surface area contributed by atoms with E-state index >= 15 is 0 Å². The fraction of sp³-hybridized carbons (Fsp3) is 0.750. The molecule has 2 aliphatic rings. The normalized spacial score (nSPS) is 21.9. The third-order valence-corrected chi connectivity index (χ3v) is 6.66. The minimum Gasteiger partial charge on any atom is -0.450 e. The second kappa shape index (κ2) is 8.24. The van der Waals surface area contributed by atoms with Crippen LogP contribution >= 0.6 is 0 Å². The third kappa shape index (κ3) is 4.57. The highest BCUT2D eigenvalue weighted by Crippen LogP contribution is 2.23. The minimum absolute atomic E-state index is 0.0785. The second-order valence-corrected chi connectivity index (χ2v) is 8.86. The largest absolute Gasteiger partial charge is 0.450 e. The van der Waals surface area contributed by atoms with Crippen molar-refractivity contribution in [2.24, 2.45) is 0 Å². The molecular weight excluding hydrogens is 372 g/mol. The Bertz CT molecular complexity index is 766. The van der Waals surface area contributed by atoms with E-state index in [0.717, 1.165) is 0 Å². The van der Waals surface area contributed by atoms with E-state index in [-0.39, 0.29) is 23.6 Å². The Morgan fingerprint density at radius 2 is 2.04 bits per heavy atom. The van der Waals surface area contributed by atoms with Gasteiger partial charge in [-0.2, -0.15) is 10.1 Å². The Morgan fingerprint density at radius 3 is 2.63 bits per heavy atom. The number of ether oxygens (including phenoxy) is 1. The highest BCUT2D eigenvalue weighted by molar-refractivity contribution is 7.91. The molecule has 1 aromatic heterocycles. The van der Waals surface area contributed by atoms with Crippen LogP contribution in [0.4, 0.5) is 16.6 Å². The fourth-order valence-corrected chi connectivity index (χ4v) is 5.22. The van der Waals surface area contributed by atoms with Crippen LogP contribution in [-0.2, 0) is 14.6 Å². The van der Waals surface area contributed by atoms with Crippen LogP contribution in [0.2, 0.25) is 0 Å². The minimum atomic E-state index is -2.97. The van der Waals surface area contributed by atoms with E-state index in [1.165, 1.54) is 0 Å². The van der Waals surface area contributed by atoms with Crippen molar-refractivity contribution in [3.63, 3.8) is 0 Å². The quantitative estimate of drug-likeness (QED) is 0.685. The summed E-state index contributed by atoms with van der Waals surface area (Å²) in [6.07, 6.45) is 1.88. The number of sulfone groups is 1. The molecule has 27 heavy (non-hydrogen) atoms. The predicted molar refractivity (Wildman–Crippen MR) is 101 cm³/mol. The van der Waals surface area contributed by atoms with Gasteiger partial charge >= 0.3 is 6.09 Å². The molecule has 3 heterocycles. The van der Waals surface area contributed by atoms with Crippen molar-refractivity contribution in [3.8, 4) is 0 Å². The lowest BCUT2D eigenvalue weighted by Gasteiger charge is -2.34. The molecule has 1 atom stereocenters. The average molecular weight is 398 g/mol. The first kappa shape index (κ1) is 19.6. The van der Waals surface area contributed by atoms with Crippen LogP contribution in [-0.4, -0.2) is 91.5 Å². The lowest BCUT2D eigenvalue weighted by molar-refractivity contribution is 0.105. The van der Waals surface area contributed by atoms with E-state index in [4.69, 9.17) is 4.74 Å². The highest BCUT2D eigenvalue weighted by atomic mass is 32.2. The van der Waals surface area contributed by atoms with E-state index in [9.17, 15) is 13.2 Å². The average Bonchev–Trinajstić information content (AvgIpc) is 3.02. The molecule has 3 rings (SSSR count). The number of rotatable bonds is 5. The van der Waals surface area contributed by atoms with E-state index in [1.807, 2.05) is 16.7 Å². The zero-order valence-corrected chi connectivity index (χ0v) is 16.6. The summed E-state index contributed by atoms with van der Waals surface area (Å²) in [6, 6.07) is -0.0785. The van der Waals surface area contributed by atoms with Crippen molar-refractivity contribution in [3.05, 3.63) is 6.20 Å². The van der Waals surface area contributed by atoms with Crippen molar-refractivity contribution in [2.75, 3.05) is 60.6 Å². The number of anilines is 2. The number of carbonyl (C=O) groups excluding carboxylic acids is 1. The molecule has 2 saturated heterocycles. The molecule has 150 valence electrons. The van der Waals surface area contributed by atoms with Gasteiger partial charge < -0.3 is 19.4 Å². The number of aromatic nitrogens is 3. The molecule has 1 aromatic rings. The summed E-state index contributed by atoms with van der Waals surface area (Å²) < 4.78 is 28.7. The summed E-state index contributed by atoms with van der Waals surface area (Å²) in [5, 5.41) is 8.20. The van der Waals surface area contributed by atoms with Crippen LogP contribution in [0.25, 0.3) is 0 Å². The maximum Gasteiger partial charge on any atom is 0.409 e. The van der Waals surface area contributed by atoms with Crippen molar-refractivity contribution in [2.45, 2.75) is 26.3 Å². The number of piperazine rings is 1. The first-order chi connectivity index (χ1) is 12.9. The predicted octanol–water partition coefficient (Wildman–Crippen LogP) is 0.164. The number of carbonyl (C=O) groups is 1. The van der Waals surface area contributed by atoms with Gasteiger partial charge in [-0.1, -0.05) is 0 Å². The lowest BCUT2D eigenvalue weighted by atomic mass is 10.2. The Kier molecular flexibility index (Phi) is 5.98. The summed E-state index contributed by atoms with van der Waals surface area (Å²) in [4.78, 5) is 22.1. The first-order valence-corrected chi connectivity index (χ1v) is 11.1. The summed E-state index contributed by atoms with van der Waals surface area (Å²) in [7, 11) is -2.97. The molecule has 0 bridgehead atoms. The Labute approximate surface area is 159 Å². The van der Waals surface area contributed by atoms with Gasteiger partial charge in [-0.25, -0.2) is 13.2 Å². The van der Waals surface area contributed by atoms with Gasteiger partial charge in [0, 0.05) is 38.8 Å². The van der Waals surface area contributed by atoms with Gasteiger partial charge in [0.15, 0.2) is 15.7 Å². The second-order valence-electron chi connectivity index (χ2n) is 6.63. The molecule has 0 saturated carbocycles. The fourth-order valence-electron chi connectivity index (χ4n) is 3.49. The third-order valence-electron chi connectivity index (χ3n) is 4.91. The number of hydrogen-bond donors (Lipinski definition) is 0. The van der Waals surface area contributed by atoms with Crippen molar-refractivity contribution >= 4 is 27.7 Å². The smallest absolute Gasteiger partial charge is 0.409 e. The summed E-state index contributed by atoms with van der Waals surface area (Å²) >= 11 is 0. The van der Waals surface area contributed by atoms with Crippen LogP contribution in [0.3, 0.4) is 0 Å². The molecule has 1 unspecified atom stereocenters. The maximum absolute atomic E-state index is 11.8. The summed E-state index contributed by atoms with van der Waals surface area (Å²) in [6.45, 7) is 7.02. The zero-order chi connectivity index (χ0) is 19.4. The standard InChI is InChI=1S/C16H26N6O4S/c1-3-22(13-5-10-27(24,25)12-13)14-11-17-19-15(18-14)20-6-8-21(9-7-20)16(23)26-4-2/h11,13H,3-10,12H2,1-2H3. The zero-order valence-electron chi connectivity index (χ0n) is 15.7. The van der Waals surface area contributed by atoms with Gasteiger partial charge in [0.1, 0.15) is 0 Å². The molecule has 2 fully saturated rings. The molecule has 0 aromatic carbocycles. The molecule has 11 heteroatoms. The summed E-state index contributed by atoms with van der Waals surface area (Å²) in [5.74, 6) is 1.50. The van der Waals surface area contributed by atoms with E-state index < -0.39 is 9.84 Å². The van der Waals surface area contributed by atoms with Crippen LogP contribution < -0.4 is 9.80 Å². The number of amides is 1. The van der Waals surface area contributed by atoms with Crippen LogP contribution in [0.15, 0.2) is 6.20 Å². The van der Waals surface area contributed by atoms with Gasteiger partial charge in [-0.15, -0.1) is 5.10 Å². The highest BCUT2D eigenvalue weighted by Gasteiger charge is 2.33. The Hall–Kier alpha value is -2.17. The molecule has 10 nitrogen and oxygen atoms in total. The Balaban J connectivity index is 1.68. The van der Waals surface area contributed by atoms with Gasteiger partial charge in [0.05, 0.1) is 24.3 Å². The monoisotopic (exact) mass is 398 g/mol. The SMILES string of the molecule is CCOC(=O)N1CCN(c2nncc(N(CC)C3CCS(=O)(=O)C3)n2)CC1. The van der Waals surface area contributed by atoms with Crippen LogP contribution in [0, 0.1) is 0 Å². The van der Waals surface area contributed by atoms with Crippen molar-refractivity contribution in [1.82, 2.24) is 20.1 Å². The summed E-state index contributed by atoms with van der Waals surface area (Å²) in [5.41, 5.74) is 0. The molecule has 0 N–H and O–H groups in total.